The van der Waals surface area contributed by atoms with Gasteiger partial charge in [-0.25, -0.2) is 0 Å². The summed E-state index contributed by atoms with van der Waals surface area (Å²) >= 11 is 0. The van der Waals surface area contributed by atoms with Crippen LogP contribution in [-0.2, 0) is 13.1 Å². The van der Waals surface area contributed by atoms with Gasteiger partial charge in [-0.1, -0.05) is 0 Å². The molecule has 1 N–H and O–H groups in total. The Morgan fingerprint density at radius 3 is 2.95 bits per heavy atom. The van der Waals surface area contributed by atoms with Crippen LogP contribution in [0.5, 0.6) is 0 Å². The molecule has 4 heteroatoms. The highest BCUT2D eigenvalue weighted by molar-refractivity contribution is 5.53. The van der Waals surface area contributed by atoms with Crippen molar-refractivity contribution in [3.05, 3.63) is 47.7 Å². The molecule has 1 fully saturated rings. The van der Waals surface area contributed by atoms with Gasteiger partial charge >= 0.3 is 0 Å². The van der Waals surface area contributed by atoms with E-state index >= 15 is 0 Å². The third-order valence-electron chi connectivity index (χ3n) is 3.91. The van der Waals surface area contributed by atoms with Gasteiger partial charge in [-0.15, -0.1) is 0 Å². The minimum absolute atomic E-state index is 0.708. The number of anilines is 1. The highest BCUT2D eigenvalue weighted by Crippen LogP contribution is 2.25. The van der Waals surface area contributed by atoms with Crippen LogP contribution in [0.1, 0.15) is 36.8 Å². The van der Waals surface area contributed by atoms with Crippen molar-refractivity contribution in [2.75, 3.05) is 11.4 Å². The smallest absolute Gasteiger partial charge is 0.123 e. The van der Waals surface area contributed by atoms with Crippen molar-refractivity contribution in [3.63, 3.8) is 0 Å². The average Bonchev–Trinajstić information content (AvgIpc) is 3.18. The molecule has 4 nitrogen and oxygen atoms in total. The first-order valence-corrected chi connectivity index (χ1v) is 7.72. The second-order valence-electron chi connectivity index (χ2n) is 5.70. The molecule has 0 radical (unpaired) electrons. The van der Waals surface area contributed by atoms with Gasteiger partial charge in [-0.2, -0.15) is 0 Å². The zero-order valence-electron chi connectivity index (χ0n) is 12.8. The van der Waals surface area contributed by atoms with Gasteiger partial charge in [-0.3, -0.25) is 4.98 Å². The van der Waals surface area contributed by atoms with Crippen LogP contribution in [0.3, 0.4) is 0 Å². The maximum absolute atomic E-state index is 5.49. The van der Waals surface area contributed by atoms with Gasteiger partial charge in [0.2, 0.25) is 0 Å². The van der Waals surface area contributed by atoms with E-state index in [1.807, 2.05) is 25.3 Å². The zero-order chi connectivity index (χ0) is 14.7. The van der Waals surface area contributed by atoms with E-state index in [1.54, 1.807) is 6.26 Å². The molecule has 1 aliphatic carbocycles. The van der Waals surface area contributed by atoms with Crippen molar-refractivity contribution in [3.8, 4) is 0 Å². The van der Waals surface area contributed by atoms with Crippen LogP contribution in [-0.4, -0.2) is 17.6 Å². The molecular weight excluding hydrogens is 262 g/mol. The summed E-state index contributed by atoms with van der Waals surface area (Å²) in [5.74, 6) is 0.993. The first-order valence-electron chi connectivity index (χ1n) is 7.72. The number of furan rings is 1. The van der Waals surface area contributed by atoms with E-state index in [4.69, 9.17) is 4.42 Å². The van der Waals surface area contributed by atoms with Gasteiger partial charge in [0.15, 0.2) is 0 Å². The largest absolute Gasteiger partial charge is 0.467 e. The number of hydrogen-bond donors (Lipinski definition) is 1. The molecule has 0 amide bonds. The van der Waals surface area contributed by atoms with E-state index in [9.17, 15) is 0 Å². The van der Waals surface area contributed by atoms with Crippen LogP contribution in [0.25, 0.3) is 0 Å². The van der Waals surface area contributed by atoms with Gasteiger partial charge in [0.1, 0.15) is 5.76 Å². The van der Waals surface area contributed by atoms with Crippen LogP contribution in [0, 0.1) is 6.92 Å². The SMILES string of the molecule is CCN(Cc1ccco1)c1cc(C)ncc1CNC1CC1. The molecule has 112 valence electrons. The minimum Gasteiger partial charge on any atom is -0.467 e. The Balaban J connectivity index is 1.80. The predicted molar refractivity (Wildman–Crippen MR) is 84.3 cm³/mol. The molecule has 0 unspecified atom stereocenters. The van der Waals surface area contributed by atoms with Crippen molar-refractivity contribution in [2.24, 2.45) is 0 Å². The number of pyridine rings is 1. The standard InChI is InChI=1S/C17H23N3O/c1-3-20(12-16-5-4-8-21-16)17-9-13(2)18-10-14(17)11-19-15-6-7-15/h4-5,8-10,15,19H,3,6-7,11-12H2,1-2H3. The summed E-state index contributed by atoms with van der Waals surface area (Å²) in [6.45, 7) is 6.85. The molecule has 0 saturated heterocycles. The summed E-state index contributed by atoms with van der Waals surface area (Å²) in [6.07, 6.45) is 6.35. The van der Waals surface area contributed by atoms with Gasteiger partial charge < -0.3 is 14.6 Å². The molecule has 0 spiro atoms. The molecule has 0 bridgehead atoms. The Morgan fingerprint density at radius 2 is 2.29 bits per heavy atom. The lowest BCUT2D eigenvalue weighted by Gasteiger charge is -2.25. The highest BCUT2D eigenvalue weighted by atomic mass is 16.3. The molecular formula is C17H23N3O. The van der Waals surface area contributed by atoms with E-state index in [-0.39, 0.29) is 0 Å². The van der Waals surface area contributed by atoms with Gasteiger partial charge in [0, 0.05) is 42.3 Å². The Bertz CT molecular complexity index is 576. The highest BCUT2D eigenvalue weighted by Gasteiger charge is 2.21. The minimum atomic E-state index is 0.708. The Kier molecular flexibility index (Phi) is 4.25. The third kappa shape index (κ3) is 3.64. The van der Waals surface area contributed by atoms with Crippen molar-refractivity contribution in [2.45, 2.75) is 45.8 Å². The maximum Gasteiger partial charge on any atom is 0.123 e. The molecule has 0 aromatic carbocycles. The number of nitrogens with zero attached hydrogens (tertiary/aromatic N) is 2. The molecule has 21 heavy (non-hydrogen) atoms. The molecule has 0 aliphatic heterocycles. The van der Waals surface area contributed by atoms with Gasteiger partial charge in [0.05, 0.1) is 12.8 Å². The number of aromatic nitrogens is 1. The quantitative estimate of drug-likeness (QED) is 0.848. The van der Waals surface area contributed by atoms with Gasteiger partial charge in [0.25, 0.3) is 0 Å². The summed E-state index contributed by atoms with van der Waals surface area (Å²) in [5.41, 5.74) is 3.58. The van der Waals surface area contributed by atoms with Crippen LogP contribution in [0.15, 0.2) is 35.1 Å². The lowest BCUT2D eigenvalue weighted by atomic mass is 10.1. The Labute approximate surface area is 126 Å². The second kappa shape index (κ2) is 6.31. The van der Waals surface area contributed by atoms with Crippen molar-refractivity contribution in [1.29, 1.82) is 0 Å². The number of aryl methyl sites for hydroxylation is 1. The number of rotatable bonds is 7. The summed E-state index contributed by atoms with van der Waals surface area (Å²) in [7, 11) is 0. The molecule has 1 saturated carbocycles. The molecule has 2 aromatic rings. The maximum atomic E-state index is 5.49. The number of hydrogen-bond acceptors (Lipinski definition) is 4. The summed E-state index contributed by atoms with van der Waals surface area (Å²) in [5, 5.41) is 3.58. The number of nitrogens with one attached hydrogen (secondary N) is 1. The first-order chi connectivity index (χ1) is 10.3. The fourth-order valence-electron chi connectivity index (χ4n) is 2.50. The molecule has 3 rings (SSSR count). The second-order valence-corrected chi connectivity index (χ2v) is 5.70. The summed E-state index contributed by atoms with van der Waals surface area (Å²) in [4.78, 5) is 6.81. The fourth-order valence-corrected chi connectivity index (χ4v) is 2.50. The van der Waals surface area contributed by atoms with E-state index in [2.05, 4.69) is 28.2 Å². The predicted octanol–water partition coefficient (Wildman–Crippen LogP) is 3.26. The van der Waals surface area contributed by atoms with E-state index < -0.39 is 0 Å². The third-order valence-corrected chi connectivity index (χ3v) is 3.91. The monoisotopic (exact) mass is 285 g/mol. The fraction of sp³-hybridized carbons (Fsp3) is 0.471. The van der Waals surface area contributed by atoms with Gasteiger partial charge in [-0.05, 0) is 44.9 Å². The summed E-state index contributed by atoms with van der Waals surface area (Å²) < 4.78 is 5.49. The lowest BCUT2D eigenvalue weighted by molar-refractivity contribution is 0.503. The molecule has 1 aliphatic rings. The van der Waals surface area contributed by atoms with E-state index in [0.717, 1.165) is 31.1 Å². The van der Waals surface area contributed by atoms with Crippen LogP contribution < -0.4 is 10.2 Å². The first kappa shape index (κ1) is 14.1. The van der Waals surface area contributed by atoms with Crippen LogP contribution >= 0.6 is 0 Å². The van der Waals surface area contributed by atoms with Crippen LogP contribution in [0.2, 0.25) is 0 Å². The van der Waals surface area contributed by atoms with Crippen molar-refractivity contribution < 1.29 is 4.42 Å². The van der Waals surface area contributed by atoms with E-state index in [0.29, 0.717) is 6.04 Å². The lowest BCUT2D eigenvalue weighted by Crippen LogP contribution is -2.25. The molecule has 2 heterocycles. The normalized spacial score (nSPS) is 14.4. The van der Waals surface area contributed by atoms with Crippen molar-refractivity contribution in [1.82, 2.24) is 10.3 Å². The van der Waals surface area contributed by atoms with Crippen LogP contribution in [0.4, 0.5) is 5.69 Å². The Hall–Kier alpha value is -1.81. The summed E-state index contributed by atoms with van der Waals surface area (Å²) in [6, 6.07) is 6.85. The van der Waals surface area contributed by atoms with E-state index in [1.165, 1.54) is 24.1 Å². The average molecular weight is 285 g/mol. The molecule has 0 atom stereocenters. The Morgan fingerprint density at radius 1 is 1.43 bits per heavy atom. The van der Waals surface area contributed by atoms with Crippen molar-refractivity contribution >= 4 is 5.69 Å². The topological polar surface area (TPSA) is 41.3 Å². The zero-order valence-corrected chi connectivity index (χ0v) is 12.8. The molecule has 2 aromatic heterocycles.